The zero-order chi connectivity index (χ0) is 25.7. The molecule has 3 aromatic rings. The van der Waals surface area contributed by atoms with Crippen molar-refractivity contribution in [3.63, 3.8) is 0 Å². The Morgan fingerprint density at radius 1 is 1.14 bits per heavy atom. The van der Waals surface area contributed by atoms with Crippen LogP contribution in [0.3, 0.4) is 0 Å². The Kier molecular flexibility index (Phi) is 9.48. The number of halogens is 3. The molecule has 186 valence electrons. The Balaban J connectivity index is 2.07. The average Bonchev–Trinajstić information content (AvgIpc) is 2.84. The highest BCUT2D eigenvalue weighted by Gasteiger charge is 2.23. The Morgan fingerprint density at radius 3 is 2.54 bits per heavy atom. The summed E-state index contributed by atoms with van der Waals surface area (Å²) in [4.78, 5) is 29.8. The summed E-state index contributed by atoms with van der Waals surface area (Å²) in [5, 5.41) is 4.91. The maximum Gasteiger partial charge on any atom is 0.347 e. The second-order valence-electron chi connectivity index (χ2n) is 7.27. The molecule has 3 rings (SSSR count). The standard InChI is InChI=1S/C24H24Br3N3O5/c1-5-19-29-17-9-8-15(25)11-16(17)23(31)30(19)28-12-14-10-18(33-6-2)22(21(27)20(14)26)35-13(4)24(32)34-7-3/h8-13H,5-7H2,1-4H3/t13-/m0/s1. The second kappa shape index (κ2) is 12.1. The minimum absolute atomic E-state index is 0.255. The molecule has 1 aromatic heterocycles. The van der Waals surface area contributed by atoms with E-state index in [-0.39, 0.29) is 12.2 Å². The van der Waals surface area contributed by atoms with Gasteiger partial charge in [0, 0.05) is 20.9 Å². The number of aryl methyl sites for hydroxylation is 1. The number of aromatic nitrogens is 2. The van der Waals surface area contributed by atoms with Gasteiger partial charge >= 0.3 is 5.97 Å². The van der Waals surface area contributed by atoms with Crippen molar-refractivity contribution >= 4 is 70.9 Å². The molecule has 1 heterocycles. The topological polar surface area (TPSA) is 92.0 Å². The number of benzene rings is 2. The molecule has 0 amide bonds. The van der Waals surface area contributed by atoms with Gasteiger partial charge in [-0.05, 0) is 76.9 Å². The van der Waals surface area contributed by atoms with Gasteiger partial charge in [-0.15, -0.1) is 0 Å². The fraction of sp³-hybridized carbons (Fsp3) is 0.333. The molecule has 0 radical (unpaired) electrons. The number of nitrogens with zero attached hydrogens (tertiary/aromatic N) is 3. The van der Waals surface area contributed by atoms with Gasteiger partial charge in [0.15, 0.2) is 17.6 Å². The van der Waals surface area contributed by atoms with E-state index in [0.29, 0.717) is 55.8 Å². The molecule has 0 aliphatic carbocycles. The molecule has 2 aromatic carbocycles. The van der Waals surface area contributed by atoms with Gasteiger partial charge in [-0.1, -0.05) is 22.9 Å². The predicted octanol–water partition coefficient (Wildman–Crippen LogP) is 5.86. The maximum atomic E-state index is 13.2. The first kappa shape index (κ1) is 27.3. The molecule has 0 saturated heterocycles. The highest BCUT2D eigenvalue weighted by Crippen LogP contribution is 2.43. The van der Waals surface area contributed by atoms with E-state index in [0.717, 1.165) is 4.47 Å². The summed E-state index contributed by atoms with van der Waals surface area (Å²) in [6.45, 7) is 7.72. The molecule has 0 aliphatic rings. The molecule has 0 aliphatic heterocycles. The number of fused-ring (bicyclic) bond motifs is 1. The first-order chi connectivity index (χ1) is 16.7. The molecular formula is C24H24Br3N3O5. The largest absolute Gasteiger partial charge is 0.490 e. The minimum atomic E-state index is -0.842. The molecule has 8 nitrogen and oxygen atoms in total. The monoisotopic (exact) mass is 671 g/mol. The van der Waals surface area contributed by atoms with Crippen molar-refractivity contribution in [3.8, 4) is 11.5 Å². The smallest absolute Gasteiger partial charge is 0.347 e. The van der Waals surface area contributed by atoms with Gasteiger partial charge in [0.05, 0.1) is 34.8 Å². The fourth-order valence-corrected chi connectivity index (χ4v) is 4.49. The van der Waals surface area contributed by atoms with Crippen molar-refractivity contribution in [1.82, 2.24) is 9.66 Å². The molecule has 11 heteroatoms. The van der Waals surface area contributed by atoms with Crippen LogP contribution < -0.4 is 15.0 Å². The summed E-state index contributed by atoms with van der Waals surface area (Å²) in [5.74, 6) is 0.805. The molecule has 0 saturated carbocycles. The Hall–Kier alpha value is -2.24. The van der Waals surface area contributed by atoms with Crippen LogP contribution >= 0.6 is 47.8 Å². The third-order valence-corrected chi connectivity index (χ3v) is 7.51. The molecular weight excluding hydrogens is 650 g/mol. The maximum absolute atomic E-state index is 13.2. The highest BCUT2D eigenvalue weighted by molar-refractivity contribution is 9.13. The zero-order valence-electron chi connectivity index (χ0n) is 19.6. The lowest BCUT2D eigenvalue weighted by Crippen LogP contribution is -2.26. The van der Waals surface area contributed by atoms with E-state index in [2.05, 4.69) is 57.9 Å². The first-order valence-electron chi connectivity index (χ1n) is 10.9. The normalized spacial score (nSPS) is 12.2. The van der Waals surface area contributed by atoms with Crippen LogP contribution in [0.4, 0.5) is 0 Å². The van der Waals surface area contributed by atoms with Crippen LogP contribution in [0.15, 0.2) is 47.6 Å². The van der Waals surface area contributed by atoms with Gasteiger partial charge in [-0.2, -0.15) is 9.78 Å². The number of hydrogen-bond donors (Lipinski definition) is 0. The van der Waals surface area contributed by atoms with Crippen LogP contribution in [0.1, 0.15) is 39.1 Å². The quantitative estimate of drug-likeness (QED) is 0.209. The second-order valence-corrected chi connectivity index (χ2v) is 9.77. The van der Waals surface area contributed by atoms with Gasteiger partial charge in [0.1, 0.15) is 5.82 Å². The Bertz CT molecular complexity index is 1340. The van der Waals surface area contributed by atoms with E-state index in [4.69, 9.17) is 14.2 Å². The summed E-state index contributed by atoms with van der Waals surface area (Å²) >= 11 is 10.5. The molecule has 0 unspecified atom stereocenters. The lowest BCUT2D eigenvalue weighted by Gasteiger charge is -2.19. The van der Waals surface area contributed by atoms with Crippen molar-refractivity contribution in [2.45, 2.75) is 40.2 Å². The van der Waals surface area contributed by atoms with Crippen LogP contribution in [0.2, 0.25) is 0 Å². The number of carbonyl (C=O) groups excluding carboxylic acids is 1. The Morgan fingerprint density at radius 2 is 1.89 bits per heavy atom. The summed E-state index contributed by atoms with van der Waals surface area (Å²) < 4.78 is 19.9. The van der Waals surface area contributed by atoms with E-state index in [1.165, 1.54) is 4.68 Å². The summed E-state index contributed by atoms with van der Waals surface area (Å²) in [6.07, 6.45) is 1.22. The van der Waals surface area contributed by atoms with Gasteiger partial charge < -0.3 is 14.2 Å². The number of carbonyl (C=O) groups is 1. The molecule has 0 bridgehead atoms. The van der Waals surface area contributed by atoms with E-state index in [1.54, 1.807) is 38.3 Å². The summed E-state index contributed by atoms with van der Waals surface area (Å²) in [5.41, 5.74) is 0.967. The lowest BCUT2D eigenvalue weighted by molar-refractivity contribution is -0.150. The molecule has 0 spiro atoms. The Labute approximate surface area is 228 Å². The molecule has 0 fully saturated rings. The van der Waals surface area contributed by atoms with Gasteiger partial charge in [-0.25, -0.2) is 9.78 Å². The summed E-state index contributed by atoms with van der Waals surface area (Å²) in [7, 11) is 0. The van der Waals surface area contributed by atoms with Crippen molar-refractivity contribution in [2.24, 2.45) is 5.10 Å². The van der Waals surface area contributed by atoms with Crippen molar-refractivity contribution < 1.29 is 19.0 Å². The van der Waals surface area contributed by atoms with Crippen LogP contribution in [0.5, 0.6) is 11.5 Å². The summed E-state index contributed by atoms with van der Waals surface area (Å²) in [6, 6.07) is 7.09. The first-order valence-corrected chi connectivity index (χ1v) is 13.3. The number of hydrogen-bond acceptors (Lipinski definition) is 7. The SMILES string of the molecule is CCOC(=O)[C@H](C)Oc1c(OCC)cc(C=Nn2c(CC)nc3ccc(Br)cc3c2=O)c(Br)c1Br. The van der Waals surface area contributed by atoms with Gasteiger partial charge in [0.2, 0.25) is 0 Å². The number of ether oxygens (including phenoxy) is 3. The fourth-order valence-electron chi connectivity index (χ4n) is 3.22. The third kappa shape index (κ3) is 6.13. The molecule has 1 atom stereocenters. The average molecular weight is 674 g/mol. The zero-order valence-corrected chi connectivity index (χ0v) is 24.4. The van der Waals surface area contributed by atoms with Crippen molar-refractivity contribution in [3.05, 3.63) is 59.4 Å². The van der Waals surface area contributed by atoms with E-state index < -0.39 is 12.1 Å². The van der Waals surface area contributed by atoms with Crippen molar-refractivity contribution in [2.75, 3.05) is 13.2 Å². The van der Waals surface area contributed by atoms with Gasteiger partial charge in [-0.3, -0.25) is 4.79 Å². The molecule has 35 heavy (non-hydrogen) atoms. The number of esters is 1. The van der Waals surface area contributed by atoms with E-state index in [1.807, 2.05) is 19.9 Å². The number of rotatable bonds is 9. The third-order valence-electron chi connectivity index (χ3n) is 4.87. The predicted molar refractivity (Wildman–Crippen MR) is 146 cm³/mol. The lowest BCUT2D eigenvalue weighted by atomic mass is 10.2. The molecule has 0 N–H and O–H groups in total. The van der Waals surface area contributed by atoms with Crippen LogP contribution in [-0.4, -0.2) is 41.2 Å². The van der Waals surface area contributed by atoms with Crippen molar-refractivity contribution in [1.29, 1.82) is 0 Å². The van der Waals surface area contributed by atoms with E-state index >= 15 is 0 Å². The minimum Gasteiger partial charge on any atom is -0.490 e. The van der Waals surface area contributed by atoms with Crippen LogP contribution in [0, 0.1) is 0 Å². The van der Waals surface area contributed by atoms with Gasteiger partial charge in [0.25, 0.3) is 5.56 Å². The highest BCUT2D eigenvalue weighted by atomic mass is 79.9. The van der Waals surface area contributed by atoms with Crippen LogP contribution in [-0.2, 0) is 16.0 Å². The van der Waals surface area contributed by atoms with Crippen LogP contribution in [0.25, 0.3) is 10.9 Å². The van der Waals surface area contributed by atoms with E-state index in [9.17, 15) is 9.59 Å².